The number of para-hydroxylation sites is 1. The van der Waals surface area contributed by atoms with Crippen LogP contribution in [0.1, 0.15) is 30.9 Å². The highest BCUT2D eigenvalue weighted by molar-refractivity contribution is 5.77. The maximum Gasteiger partial charge on any atom is 0.251 e. The minimum Gasteiger partial charge on any atom is -0.493 e. The molecule has 1 aromatic carbocycles. The lowest BCUT2D eigenvalue weighted by molar-refractivity contribution is 0.191. The molecule has 0 saturated carbocycles. The number of hydrogen-bond donors (Lipinski definition) is 2. The van der Waals surface area contributed by atoms with Gasteiger partial charge in [0.1, 0.15) is 6.10 Å². The molecule has 2 atom stereocenters. The average Bonchev–Trinajstić information content (AvgIpc) is 3.26. The molecule has 0 unspecified atom stereocenters. The Bertz CT molecular complexity index is 1270. The Morgan fingerprint density at radius 3 is 2.86 bits per heavy atom. The quantitative estimate of drug-likeness (QED) is 0.546. The van der Waals surface area contributed by atoms with Crippen LogP contribution in [0.3, 0.4) is 0 Å². The maximum atomic E-state index is 14.8. The van der Waals surface area contributed by atoms with Crippen molar-refractivity contribution in [2.45, 2.75) is 44.9 Å². The first-order chi connectivity index (χ1) is 16.9. The van der Waals surface area contributed by atoms with Crippen LogP contribution in [-0.4, -0.2) is 52.1 Å². The molecular weight excluding hydrogens is 456 g/mol. The SMILES string of the molecule is CC[C@@]12CNc3nnc(-c4cccc(F)c4OC)cc3N1C[C@H](Oc1ncc(CO)c(C)c1F)C2. The molecule has 4 heterocycles. The van der Waals surface area contributed by atoms with Crippen molar-refractivity contribution < 1.29 is 23.4 Å². The summed E-state index contributed by atoms with van der Waals surface area (Å²) in [5.74, 6) is -0.365. The van der Waals surface area contributed by atoms with E-state index in [1.54, 1.807) is 19.1 Å². The lowest BCUT2D eigenvalue weighted by atomic mass is 9.90. The predicted molar refractivity (Wildman–Crippen MR) is 127 cm³/mol. The Morgan fingerprint density at radius 1 is 1.29 bits per heavy atom. The third-order valence-electron chi connectivity index (χ3n) is 7.11. The normalized spacial score (nSPS) is 20.7. The molecule has 8 nitrogen and oxygen atoms in total. The summed E-state index contributed by atoms with van der Waals surface area (Å²) < 4.78 is 40.5. The fourth-order valence-electron chi connectivity index (χ4n) is 5.06. The van der Waals surface area contributed by atoms with Crippen LogP contribution in [0, 0.1) is 18.6 Å². The Hall–Kier alpha value is -3.53. The van der Waals surface area contributed by atoms with Gasteiger partial charge in [-0.05, 0) is 37.1 Å². The van der Waals surface area contributed by atoms with Crippen molar-refractivity contribution in [2.24, 2.45) is 0 Å². The highest BCUT2D eigenvalue weighted by Gasteiger charge is 2.49. The fraction of sp³-hybridized carbons (Fsp3) is 0.400. The number of fused-ring (bicyclic) bond motifs is 3. The molecule has 184 valence electrons. The molecule has 0 bridgehead atoms. The number of halogens is 2. The van der Waals surface area contributed by atoms with Gasteiger partial charge in [0, 0.05) is 30.3 Å². The summed E-state index contributed by atoms with van der Waals surface area (Å²) in [5, 5.41) is 21.4. The van der Waals surface area contributed by atoms with Gasteiger partial charge in [-0.2, -0.15) is 0 Å². The first kappa shape index (κ1) is 23.2. The van der Waals surface area contributed by atoms with E-state index in [9.17, 15) is 13.9 Å². The smallest absolute Gasteiger partial charge is 0.251 e. The Balaban J connectivity index is 1.48. The number of aromatic nitrogens is 3. The second-order valence-electron chi connectivity index (χ2n) is 8.96. The molecule has 10 heteroatoms. The van der Waals surface area contributed by atoms with Gasteiger partial charge < -0.3 is 24.8 Å². The lowest BCUT2D eigenvalue weighted by Crippen LogP contribution is -2.52. The fourth-order valence-corrected chi connectivity index (χ4v) is 5.06. The Kier molecular flexibility index (Phi) is 5.92. The van der Waals surface area contributed by atoms with Crippen molar-refractivity contribution in [3.05, 3.63) is 53.2 Å². The molecule has 2 aliphatic rings. The van der Waals surface area contributed by atoms with Crippen LogP contribution >= 0.6 is 0 Å². The first-order valence-corrected chi connectivity index (χ1v) is 11.5. The Morgan fingerprint density at radius 2 is 2.11 bits per heavy atom. The van der Waals surface area contributed by atoms with E-state index in [1.807, 2.05) is 6.07 Å². The number of aliphatic hydroxyl groups excluding tert-OH is 1. The minimum atomic E-state index is -0.558. The first-order valence-electron chi connectivity index (χ1n) is 11.5. The molecular formula is C25H27F2N5O3. The van der Waals surface area contributed by atoms with E-state index in [-0.39, 0.29) is 29.9 Å². The van der Waals surface area contributed by atoms with E-state index in [0.29, 0.717) is 47.7 Å². The highest BCUT2D eigenvalue weighted by atomic mass is 19.1. The van der Waals surface area contributed by atoms with Crippen molar-refractivity contribution >= 4 is 11.5 Å². The molecule has 2 aromatic heterocycles. The van der Waals surface area contributed by atoms with Gasteiger partial charge in [0.05, 0.1) is 37.2 Å². The van der Waals surface area contributed by atoms with Crippen LogP contribution in [0.2, 0.25) is 0 Å². The molecule has 2 N–H and O–H groups in total. The number of nitrogens with zero attached hydrogens (tertiary/aromatic N) is 4. The van der Waals surface area contributed by atoms with Gasteiger partial charge in [0.15, 0.2) is 23.2 Å². The van der Waals surface area contributed by atoms with Crippen molar-refractivity contribution in [3.63, 3.8) is 0 Å². The van der Waals surface area contributed by atoms with Crippen molar-refractivity contribution in [2.75, 3.05) is 30.4 Å². The number of aliphatic hydroxyl groups is 1. The molecule has 1 saturated heterocycles. The number of benzene rings is 1. The standard InChI is InChI=1S/C25H27F2N5O3/c1-4-25-9-16(35-24-21(27)14(2)15(12-33)10-28-24)11-32(25)20-8-19(30-31-23(20)29-13-25)17-6-5-7-18(26)22(17)34-3/h5-8,10,16,33H,4,9,11-13H2,1-3H3,(H,29,31)/t16-,25-/m1/s1. The van der Waals surface area contributed by atoms with Crippen LogP contribution in [0.25, 0.3) is 11.3 Å². The summed E-state index contributed by atoms with van der Waals surface area (Å²) in [5.41, 5.74) is 2.30. The summed E-state index contributed by atoms with van der Waals surface area (Å²) in [6, 6.07) is 6.55. The molecule has 1 fully saturated rings. The van der Waals surface area contributed by atoms with E-state index >= 15 is 0 Å². The van der Waals surface area contributed by atoms with E-state index in [0.717, 1.165) is 12.1 Å². The predicted octanol–water partition coefficient (Wildman–Crippen LogP) is 3.86. The second kappa shape index (κ2) is 8.92. The molecule has 5 rings (SSSR count). The molecule has 35 heavy (non-hydrogen) atoms. The molecule has 0 amide bonds. The zero-order valence-electron chi connectivity index (χ0n) is 19.8. The number of methoxy groups -OCH3 is 1. The van der Waals surface area contributed by atoms with E-state index in [4.69, 9.17) is 9.47 Å². The van der Waals surface area contributed by atoms with Crippen LogP contribution in [0.4, 0.5) is 20.3 Å². The third kappa shape index (κ3) is 3.81. The number of rotatable bonds is 6. The monoisotopic (exact) mass is 483 g/mol. The average molecular weight is 484 g/mol. The largest absolute Gasteiger partial charge is 0.493 e. The molecule has 0 radical (unpaired) electrons. The molecule has 0 aliphatic carbocycles. The third-order valence-corrected chi connectivity index (χ3v) is 7.11. The van der Waals surface area contributed by atoms with Gasteiger partial charge in [0.25, 0.3) is 5.88 Å². The van der Waals surface area contributed by atoms with Crippen LogP contribution in [0.15, 0.2) is 30.5 Å². The van der Waals surface area contributed by atoms with Gasteiger partial charge in [-0.1, -0.05) is 13.0 Å². The zero-order valence-corrected chi connectivity index (χ0v) is 19.8. The summed E-state index contributed by atoms with van der Waals surface area (Å²) >= 11 is 0. The van der Waals surface area contributed by atoms with Gasteiger partial charge in [-0.3, -0.25) is 0 Å². The summed E-state index contributed by atoms with van der Waals surface area (Å²) in [6.45, 7) is 4.55. The van der Waals surface area contributed by atoms with Crippen molar-refractivity contribution in [1.29, 1.82) is 0 Å². The zero-order chi connectivity index (χ0) is 24.7. The summed E-state index contributed by atoms with van der Waals surface area (Å²) in [4.78, 5) is 6.32. The number of hydrogen-bond acceptors (Lipinski definition) is 8. The van der Waals surface area contributed by atoms with E-state index in [1.165, 1.54) is 19.4 Å². The number of pyridine rings is 1. The van der Waals surface area contributed by atoms with Gasteiger partial charge in [0.2, 0.25) is 0 Å². The Labute approximate surface area is 201 Å². The van der Waals surface area contributed by atoms with E-state index < -0.39 is 11.6 Å². The van der Waals surface area contributed by atoms with Crippen LogP contribution < -0.4 is 19.7 Å². The topological polar surface area (TPSA) is 92.6 Å². The number of ether oxygens (including phenoxy) is 2. The molecule has 3 aromatic rings. The van der Waals surface area contributed by atoms with Gasteiger partial charge >= 0.3 is 0 Å². The second-order valence-corrected chi connectivity index (χ2v) is 8.96. The molecule has 2 aliphatic heterocycles. The number of nitrogens with one attached hydrogen (secondary N) is 1. The maximum absolute atomic E-state index is 14.8. The van der Waals surface area contributed by atoms with E-state index in [2.05, 4.69) is 32.3 Å². The highest BCUT2D eigenvalue weighted by Crippen LogP contribution is 2.45. The lowest BCUT2D eigenvalue weighted by Gasteiger charge is -2.43. The van der Waals surface area contributed by atoms with Crippen molar-refractivity contribution in [1.82, 2.24) is 15.2 Å². The van der Waals surface area contributed by atoms with Gasteiger partial charge in [-0.25, -0.2) is 13.8 Å². The van der Waals surface area contributed by atoms with Crippen LogP contribution in [0.5, 0.6) is 11.6 Å². The number of anilines is 2. The summed E-state index contributed by atoms with van der Waals surface area (Å²) in [7, 11) is 1.42. The minimum absolute atomic E-state index is 0.0676. The summed E-state index contributed by atoms with van der Waals surface area (Å²) in [6.07, 6.45) is 2.60. The van der Waals surface area contributed by atoms with Crippen molar-refractivity contribution in [3.8, 4) is 22.9 Å². The van der Waals surface area contributed by atoms with Crippen LogP contribution in [-0.2, 0) is 6.61 Å². The molecule has 0 spiro atoms. The van der Waals surface area contributed by atoms with Gasteiger partial charge in [-0.15, -0.1) is 10.2 Å².